The van der Waals surface area contributed by atoms with Gasteiger partial charge in [-0.2, -0.15) is 4.98 Å². The third kappa shape index (κ3) is 11.2. The number of nitrogens with one attached hydrogen (secondary N) is 3. The molecular formula is C53H62ClF2N9O7S. The number of amides is 1. The molecule has 0 unspecified atom stereocenters. The van der Waals surface area contributed by atoms with E-state index in [2.05, 4.69) is 37.0 Å². The van der Waals surface area contributed by atoms with Crippen LogP contribution in [-0.2, 0) is 14.8 Å². The number of anilines is 4. The zero-order valence-electron chi connectivity index (χ0n) is 40.8. The molecule has 3 saturated heterocycles. The van der Waals surface area contributed by atoms with Crippen molar-refractivity contribution in [2.24, 2.45) is 11.3 Å². The van der Waals surface area contributed by atoms with E-state index in [1.807, 2.05) is 46.2 Å². The Morgan fingerprint density at radius 1 is 0.918 bits per heavy atom. The van der Waals surface area contributed by atoms with Crippen molar-refractivity contribution in [1.29, 1.82) is 0 Å². The first kappa shape index (κ1) is 50.7. The molecule has 1 aliphatic carbocycles. The van der Waals surface area contributed by atoms with Gasteiger partial charge in [-0.25, -0.2) is 21.9 Å². The number of carbonyl (C=O) groups excluding carboxylic acids is 1. The van der Waals surface area contributed by atoms with Gasteiger partial charge in [0.2, 0.25) is 5.88 Å². The molecule has 3 aromatic carbocycles. The number of nitro benzene ring substituents is 1. The lowest BCUT2D eigenvalue weighted by Gasteiger charge is -2.47. The zero-order chi connectivity index (χ0) is 50.7. The molecule has 20 heteroatoms. The van der Waals surface area contributed by atoms with E-state index in [1.54, 1.807) is 12.3 Å². The topological polar surface area (TPSA) is 179 Å². The number of hydrogen-bond donors (Lipinski definition) is 3. The van der Waals surface area contributed by atoms with Crippen LogP contribution in [0.4, 0.5) is 37.2 Å². The van der Waals surface area contributed by atoms with E-state index in [4.69, 9.17) is 26.1 Å². The number of likely N-dealkylation sites (tertiary alicyclic amines) is 1. The largest absolute Gasteiger partial charge is 0.476 e. The number of aromatic nitrogens is 2. The Kier molecular flexibility index (Phi) is 15.2. The number of hydrogen-bond acceptors (Lipinski definition) is 13. The first-order chi connectivity index (χ1) is 35.4. The molecule has 2 aromatic heterocycles. The lowest BCUT2D eigenvalue weighted by Crippen LogP contribution is -2.49. The number of alkyl halides is 2. The van der Waals surface area contributed by atoms with E-state index < -0.39 is 50.8 Å². The number of nitrogens with zero attached hydrogens (tertiary/aromatic N) is 6. The molecule has 16 nitrogen and oxygen atoms in total. The van der Waals surface area contributed by atoms with Crippen molar-refractivity contribution in [2.75, 3.05) is 107 Å². The van der Waals surface area contributed by atoms with E-state index >= 15 is 0 Å². The number of pyridine rings is 1. The number of sulfonamides is 1. The second-order valence-corrected chi connectivity index (χ2v) is 22.2. The molecule has 3 N–H and O–H groups in total. The lowest BCUT2D eigenvalue weighted by atomic mass is 9.65. The fraction of sp³-hybridized carbons (Fsp3) is 0.472. The summed E-state index contributed by atoms with van der Waals surface area (Å²) >= 11 is 6.34. The fourth-order valence-electron chi connectivity index (χ4n) is 11.4. The number of H-pyrrole nitrogens is 1. The number of carbonyl (C=O) groups is 1. The molecule has 5 aromatic rings. The maximum Gasteiger partial charge on any atom is 0.293 e. The van der Waals surface area contributed by atoms with Gasteiger partial charge in [-0.1, -0.05) is 29.3 Å². The van der Waals surface area contributed by atoms with Gasteiger partial charge in [0.05, 0.1) is 33.7 Å². The van der Waals surface area contributed by atoms with Crippen molar-refractivity contribution in [3.8, 4) is 5.88 Å². The molecule has 1 amide bonds. The Labute approximate surface area is 429 Å². The summed E-state index contributed by atoms with van der Waals surface area (Å²) in [5.74, 6) is -0.273. The molecule has 388 valence electrons. The zero-order valence-corrected chi connectivity index (χ0v) is 42.4. The van der Waals surface area contributed by atoms with Gasteiger partial charge in [-0.05, 0) is 142 Å². The van der Waals surface area contributed by atoms with Gasteiger partial charge in [0.1, 0.15) is 30.4 Å². The number of benzene rings is 3. The predicted octanol–water partition coefficient (Wildman–Crippen LogP) is 9.15. The van der Waals surface area contributed by atoms with Crippen molar-refractivity contribution >= 4 is 72.6 Å². The average molecular weight is 1040 g/mol. The summed E-state index contributed by atoms with van der Waals surface area (Å²) in [7, 11) is -4.61. The van der Waals surface area contributed by atoms with E-state index in [0.717, 1.165) is 81.7 Å². The highest BCUT2D eigenvalue weighted by molar-refractivity contribution is 7.90. The van der Waals surface area contributed by atoms with Gasteiger partial charge in [-0.15, -0.1) is 0 Å². The van der Waals surface area contributed by atoms with Gasteiger partial charge in [0.25, 0.3) is 21.6 Å². The van der Waals surface area contributed by atoms with Crippen LogP contribution in [0.25, 0.3) is 16.6 Å². The van der Waals surface area contributed by atoms with Gasteiger partial charge in [0.15, 0.2) is 0 Å². The summed E-state index contributed by atoms with van der Waals surface area (Å²) < 4.78 is 69.3. The van der Waals surface area contributed by atoms with E-state index in [9.17, 15) is 32.1 Å². The average Bonchev–Trinajstić information content (AvgIpc) is 3.77. The Morgan fingerprint density at radius 3 is 2.42 bits per heavy atom. The van der Waals surface area contributed by atoms with Crippen LogP contribution in [0, 0.1) is 21.4 Å². The SMILES string of the molecule is O=C(NS(=O)(=O)c1ccc(NCC2CCOCC2)c([N+](=O)[O-])c1)c1ccc(N2CCN(CC3=C(c4ccc(Cl)cc4)CCC4(CCN(C(CF)CF)CC4)C3)CC2)cc1N1CCCOc2nc3[nH]ccc3cc21. The predicted molar refractivity (Wildman–Crippen MR) is 279 cm³/mol. The molecule has 4 aliphatic heterocycles. The first-order valence-electron chi connectivity index (χ1n) is 25.4. The quantitative estimate of drug-likeness (QED) is 0.0669. The summed E-state index contributed by atoms with van der Waals surface area (Å²) in [5, 5.41) is 16.9. The van der Waals surface area contributed by atoms with Crippen molar-refractivity contribution in [3.63, 3.8) is 0 Å². The highest BCUT2D eigenvalue weighted by Crippen LogP contribution is 2.50. The molecular weight excluding hydrogens is 980 g/mol. The highest BCUT2D eigenvalue weighted by Gasteiger charge is 2.41. The molecule has 0 atom stereocenters. The molecule has 73 heavy (non-hydrogen) atoms. The van der Waals surface area contributed by atoms with Crippen LogP contribution in [0.15, 0.2) is 89.5 Å². The van der Waals surface area contributed by atoms with Gasteiger partial charge in [-0.3, -0.25) is 24.7 Å². The molecule has 0 radical (unpaired) electrons. The minimum absolute atomic E-state index is 0.0779. The number of piperidine rings is 1. The Bertz CT molecular complexity index is 2950. The van der Waals surface area contributed by atoms with Crippen molar-refractivity contribution in [2.45, 2.75) is 62.3 Å². The third-order valence-electron chi connectivity index (χ3n) is 15.7. The normalized spacial score (nSPS) is 19.2. The first-order valence-corrected chi connectivity index (χ1v) is 27.3. The third-order valence-corrected chi connectivity index (χ3v) is 17.3. The highest BCUT2D eigenvalue weighted by atomic mass is 35.5. The van der Waals surface area contributed by atoms with Crippen LogP contribution >= 0.6 is 11.6 Å². The molecule has 1 spiro atoms. The number of halogens is 3. The minimum atomic E-state index is -4.61. The number of aromatic amines is 1. The lowest BCUT2D eigenvalue weighted by molar-refractivity contribution is -0.384. The van der Waals surface area contributed by atoms with E-state index in [1.165, 1.54) is 28.8 Å². The van der Waals surface area contributed by atoms with Crippen LogP contribution in [0.2, 0.25) is 5.02 Å². The van der Waals surface area contributed by atoms with E-state index in [0.29, 0.717) is 93.4 Å². The number of ether oxygens (including phenoxy) is 2. The van der Waals surface area contributed by atoms with Crippen molar-refractivity contribution in [1.82, 2.24) is 24.5 Å². The molecule has 10 rings (SSSR count). The smallest absolute Gasteiger partial charge is 0.293 e. The van der Waals surface area contributed by atoms with Crippen LogP contribution in [0.1, 0.15) is 67.3 Å². The minimum Gasteiger partial charge on any atom is -0.476 e. The second-order valence-electron chi connectivity index (χ2n) is 20.1. The summed E-state index contributed by atoms with van der Waals surface area (Å²) in [5.41, 5.74) is 6.41. The fourth-order valence-corrected chi connectivity index (χ4v) is 12.5. The van der Waals surface area contributed by atoms with Crippen LogP contribution in [0.3, 0.4) is 0 Å². The standard InChI is InChI=1S/C53H62ClF2N9O7S/c54-40-4-2-37(3-5-40)44-10-14-53(15-19-62(20-16-53)42(32-55)33-56)31-39(44)35-61-21-23-63(24-22-61)41-6-8-45(47(29-41)64-18-1-25-72-52-49(64)28-38-11-17-57-50(38)59-52)51(66)60-73(69,70)43-7-9-46(48(30-43)65(67)68)58-34-36-12-26-71-27-13-36/h2-9,11,17,28-30,36,42,58H,1,10,12-16,18-27,31-35H2,(H,57,59)(H,60,66). The number of nitro groups is 1. The Balaban J connectivity index is 0.903. The van der Waals surface area contributed by atoms with Crippen molar-refractivity contribution < 1.29 is 36.4 Å². The molecule has 0 bridgehead atoms. The molecule has 3 fully saturated rings. The number of piperazine rings is 1. The maximum atomic E-state index is 14.5. The monoisotopic (exact) mass is 1040 g/mol. The summed E-state index contributed by atoms with van der Waals surface area (Å²) in [6, 6.07) is 20.3. The number of fused-ring (bicyclic) bond motifs is 2. The number of allylic oxidation sites excluding steroid dienone is 1. The molecule has 0 saturated carbocycles. The van der Waals surface area contributed by atoms with Gasteiger partial charge >= 0.3 is 0 Å². The summed E-state index contributed by atoms with van der Waals surface area (Å²) in [6.45, 7) is 6.20. The number of rotatable bonds is 15. The van der Waals surface area contributed by atoms with E-state index in [-0.39, 0.29) is 22.6 Å². The van der Waals surface area contributed by atoms with Gasteiger partial charge < -0.3 is 29.6 Å². The summed E-state index contributed by atoms with van der Waals surface area (Å²) in [6.07, 6.45) is 8.68. The maximum absolute atomic E-state index is 14.5. The van der Waals surface area contributed by atoms with Gasteiger partial charge in [0, 0.05) is 87.4 Å². The Morgan fingerprint density at radius 2 is 1.68 bits per heavy atom. The Hall–Kier alpha value is -5.86. The van der Waals surface area contributed by atoms with Crippen LogP contribution < -0.4 is 24.6 Å². The molecule has 5 aliphatic rings. The van der Waals surface area contributed by atoms with Crippen LogP contribution in [-0.4, -0.2) is 137 Å². The second kappa shape index (κ2) is 21.9. The van der Waals surface area contributed by atoms with Crippen molar-refractivity contribution in [3.05, 3.63) is 111 Å². The van der Waals surface area contributed by atoms with Crippen LogP contribution in [0.5, 0.6) is 5.88 Å². The molecule has 6 heterocycles. The summed E-state index contributed by atoms with van der Waals surface area (Å²) in [4.78, 5) is 42.3.